The number of rotatable bonds is 24. The molecule has 0 heterocycles. The molecule has 0 aliphatic heterocycles. The van der Waals surface area contributed by atoms with E-state index < -0.39 is 0 Å². The molecule has 336 valence electrons. The number of aryl methyl sites for hydroxylation is 2. The Bertz CT molecular complexity index is 2060. The van der Waals surface area contributed by atoms with Gasteiger partial charge in [-0.15, -0.1) is 0 Å². The van der Waals surface area contributed by atoms with E-state index in [0.29, 0.717) is 118 Å². The minimum Gasteiger partial charge on any atom is -0.425 e. The van der Waals surface area contributed by atoms with Crippen LogP contribution in [0.15, 0.2) is 36.4 Å². The van der Waals surface area contributed by atoms with Gasteiger partial charge in [-0.25, -0.2) is 0 Å². The molecule has 8 nitrogen and oxygen atoms in total. The minimum atomic E-state index is -0.344. The molecule has 4 aromatic carbocycles. The monoisotopic (exact) mass is 849 g/mol. The Kier molecular flexibility index (Phi) is 17.6. The summed E-state index contributed by atoms with van der Waals surface area (Å²) >= 11 is 0. The fraction of sp³-hybridized carbons (Fsp3) is 0.556. The van der Waals surface area contributed by atoms with Gasteiger partial charge in [0.1, 0.15) is 23.0 Å². The van der Waals surface area contributed by atoms with Crippen molar-refractivity contribution < 1.29 is 38.1 Å². The maximum Gasteiger partial charge on any atom is 0.314 e. The van der Waals surface area contributed by atoms with Gasteiger partial charge in [-0.1, -0.05) is 142 Å². The molecule has 8 heteroatoms. The van der Waals surface area contributed by atoms with Gasteiger partial charge in [0.25, 0.3) is 0 Å². The largest absolute Gasteiger partial charge is 0.425 e. The Morgan fingerprint density at radius 1 is 0.387 bits per heavy atom. The lowest BCUT2D eigenvalue weighted by molar-refractivity contribution is -0.140. The van der Waals surface area contributed by atoms with Crippen LogP contribution in [-0.4, -0.2) is 23.9 Å². The first-order chi connectivity index (χ1) is 29.9. The molecule has 0 amide bonds. The third-order valence-electron chi connectivity index (χ3n) is 13.0. The molecule has 4 unspecified atom stereocenters. The molecule has 5 rings (SSSR count). The molecule has 0 bridgehead atoms. The maximum absolute atomic E-state index is 14.4. The number of fused-ring (bicyclic) bond motifs is 6. The van der Waals surface area contributed by atoms with Gasteiger partial charge in [0, 0.05) is 43.8 Å². The van der Waals surface area contributed by atoms with E-state index in [1.54, 1.807) is 0 Å². The summed E-state index contributed by atoms with van der Waals surface area (Å²) in [7, 11) is 0. The fourth-order valence-electron chi connectivity index (χ4n) is 8.89. The molecule has 0 fully saturated rings. The molecule has 1 aliphatic rings. The first-order valence-corrected chi connectivity index (χ1v) is 24.0. The zero-order valence-electron chi connectivity index (χ0n) is 39.4. The second-order valence-corrected chi connectivity index (χ2v) is 17.6. The van der Waals surface area contributed by atoms with Gasteiger partial charge in [0.05, 0.1) is 23.7 Å². The second kappa shape index (κ2) is 22.6. The Morgan fingerprint density at radius 2 is 0.629 bits per heavy atom. The van der Waals surface area contributed by atoms with Crippen molar-refractivity contribution in [1.29, 1.82) is 0 Å². The first-order valence-electron chi connectivity index (χ1n) is 24.0. The van der Waals surface area contributed by atoms with Crippen molar-refractivity contribution in [3.63, 3.8) is 0 Å². The Morgan fingerprint density at radius 3 is 0.855 bits per heavy atom. The summed E-state index contributed by atoms with van der Waals surface area (Å²) in [4.78, 5) is 57.4. The zero-order valence-corrected chi connectivity index (χ0v) is 39.4. The molecule has 0 saturated carbocycles. The molecule has 0 saturated heterocycles. The average molecular weight is 849 g/mol. The highest BCUT2D eigenvalue weighted by molar-refractivity contribution is 6.25. The van der Waals surface area contributed by atoms with Crippen molar-refractivity contribution >= 4 is 45.4 Å². The number of hydrogen-bond donors (Lipinski definition) is 0. The van der Waals surface area contributed by atoms with Gasteiger partial charge < -0.3 is 18.9 Å². The van der Waals surface area contributed by atoms with Crippen LogP contribution in [0.4, 0.5) is 0 Å². The standard InChI is InChI=1S/C54H72O8/c1-11-19-23-35(15-5)51(55)59-47-39-29-27-33(9)31-41(39)49(61-53(57)37(17-7)25-21-13-3)45-43(47)46-44(45)48(60-52(56)36(16-6)24-20-12-2)40-30-28-34(10)32-42(40)50(46)62-54(58)38(18-8)26-22-14-4/h27-32,35-38H,11-26H2,1-10H3. The van der Waals surface area contributed by atoms with Gasteiger partial charge in [-0.05, 0) is 77.3 Å². The summed E-state index contributed by atoms with van der Waals surface area (Å²) in [6.45, 7) is 20.4. The minimum absolute atomic E-state index is 0.314. The quantitative estimate of drug-likeness (QED) is 0.0446. The van der Waals surface area contributed by atoms with E-state index in [4.69, 9.17) is 18.9 Å². The van der Waals surface area contributed by atoms with Gasteiger partial charge in [-0.2, -0.15) is 0 Å². The van der Waals surface area contributed by atoms with Crippen molar-refractivity contribution in [2.24, 2.45) is 23.7 Å². The number of benzene rings is 4. The third-order valence-corrected chi connectivity index (χ3v) is 13.0. The van der Waals surface area contributed by atoms with E-state index in [1.807, 2.05) is 77.9 Å². The summed E-state index contributed by atoms with van der Waals surface area (Å²) in [5.74, 6) is -1.46. The Hall–Kier alpha value is -4.72. The smallest absolute Gasteiger partial charge is 0.314 e. The summed E-state index contributed by atoms with van der Waals surface area (Å²) in [6.07, 6.45) is 12.5. The summed E-state index contributed by atoms with van der Waals surface area (Å²) in [5.41, 5.74) is 3.86. The second-order valence-electron chi connectivity index (χ2n) is 17.6. The van der Waals surface area contributed by atoms with Crippen molar-refractivity contribution in [1.82, 2.24) is 0 Å². The fourth-order valence-corrected chi connectivity index (χ4v) is 8.89. The molecule has 0 radical (unpaired) electrons. The predicted molar refractivity (Wildman–Crippen MR) is 251 cm³/mol. The van der Waals surface area contributed by atoms with E-state index in [1.165, 1.54) is 0 Å². The molecular formula is C54H72O8. The van der Waals surface area contributed by atoms with Crippen LogP contribution in [-0.2, 0) is 19.2 Å². The van der Waals surface area contributed by atoms with Gasteiger partial charge in [0.15, 0.2) is 0 Å². The maximum atomic E-state index is 14.4. The highest BCUT2D eigenvalue weighted by Crippen LogP contribution is 2.67. The summed E-state index contributed by atoms with van der Waals surface area (Å²) in [5, 5.41) is 2.42. The van der Waals surface area contributed by atoms with Crippen molar-refractivity contribution in [3.8, 4) is 45.3 Å². The number of carbonyl (C=O) groups excluding carboxylic acids is 4. The molecule has 0 spiro atoms. The first kappa shape index (κ1) is 48.3. The SMILES string of the molecule is CCCCC(CC)C(=O)Oc1c2c(c(OC(=O)C(CC)CCCC)c3cc(C)ccc13)-c1c-2c(OC(=O)C(CC)CCCC)c2cc(C)ccc2c1OC(=O)C(CC)CCCC. The molecule has 4 atom stereocenters. The summed E-state index contributed by atoms with van der Waals surface area (Å²) < 4.78 is 26.5. The van der Waals surface area contributed by atoms with E-state index in [9.17, 15) is 19.2 Å². The topological polar surface area (TPSA) is 105 Å². The molecule has 1 aliphatic carbocycles. The highest BCUT2D eigenvalue weighted by Gasteiger charge is 2.43. The number of hydrogen-bond acceptors (Lipinski definition) is 8. The van der Waals surface area contributed by atoms with Crippen LogP contribution < -0.4 is 18.9 Å². The lowest BCUT2D eigenvalue weighted by Gasteiger charge is -2.34. The van der Waals surface area contributed by atoms with E-state index in [2.05, 4.69) is 27.7 Å². The normalized spacial score (nSPS) is 13.7. The molecule has 62 heavy (non-hydrogen) atoms. The van der Waals surface area contributed by atoms with Gasteiger partial charge in [-0.3, -0.25) is 19.2 Å². The van der Waals surface area contributed by atoms with E-state index >= 15 is 0 Å². The number of unbranched alkanes of at least 4 members (excludes halogenated alkanes) is 4. The number of ether oxygens (including phenoxy) is 4. The lowest BCUT2D eigenvalue weighted by Crippen LogP contribution is -2.25. The van der Waals surface area contributed by atoms with Crippen LogP contribution in [0.25, 0.3) is 43.8 Å². The molecule has 0 aromatic heterocycles. The number of esters is 4. The van der Waals surface area contributed by atoms with Crippen LogP contribution >= 0.6 is 0 Å². The number of carbonyl (C=O) groups is 4. The van der Waals surface area contributed by atoms with Gasteiger partial charge in [0.2, 0.25) is 0 Å². The molecule has 0 N–H and O–H groups in total. The van der Waals surface area contributed by atoms with E-state index in [0.717, 1.165) is 62.5 Å². The van der Waals surface area contributed by atoms with Crippen molar-refractivity contribution in [3.05, 3.63) is 47.5 Å². The third kappa shape index (κ3) is 10.4. The van der Waals surface area contributed by atoms with Crippen molar-refractivity contribution in [2.45, 2.75) is 172 Å². The van der Waals surface area contributed by atoms with Crippen LogP contribution in [0.5, 0.6) is 23.0 Å². The predicted octanol–water partition coefficient (Wildman–Crippen LogP) is 14.7. The Labute approximate surface area is 370 Å². The van der Waals surface area contributed by atoms with Crippen LogP contribution in [0.1, 0.15) is 169 Å². The van der Waals surface area contributed by atoms with Crippen LogP contribution in [0, 0.1) is 37.5 Å². The highest BCUT2D eigenvalue weighted by atomic mass is 16.6. The van der Waals surface area contributed by atoms with Crippen LogP contribution in [0.3, 0.4) is 0 Å². The van der Waals surface area contributed by atoms with E-state index in [-0.39, 0.29) is 47.5 Å². The zero-order chi connectivity index (χ0) is 45.1. The lowest BCUT2D eigenvalue weighted by atomic mass is 9.74. The molecular weight excluding hydrogens is 777 g/mol. The van der Waals surface area contributed by atoms with Crippen LogP contribution in [0.2, 0.25) is 0 Å². The van der Waals surface area contributed by atoms with Crippen molar-refractivity contribution in [2.75, 3.05) is 0 Å². The Balaban J connectivity index is 1.93. The summed E-state index contributed by atoms with van der Waals surface area (Å²) in [6, 6.07) is 11.7. The van der Waals surface area contributed by atoms with Gasteiger partial charge >= 0.3 is 23.9 Å². The average Bonchev–Trinajstić information content (AvgIpc) is 3.25. The molecule has 4 aromatic rings.